The summed E-state index contributed by atoms with van der Waals surface area (Å²) in [5, 5.41) is 0. The highest BCUT2D eigenvalue weighted by Crippen LogP contribution is 2.50. The standard InChI is InChI=1S/C16H22O3/c1-8-4-5-12-11(6-8)7-13-15(14(12)9(2)17)10(3)19-16(13)18/h7-8,10,12-15H,4-6H2,1-3H3/t8?,10-,12+,13-,14+,15-/m1/s1. The van der Waals surface area contributed by atoms with Crippen LogP contribution in [0.5, 0.6) is 0 Å². The molecule has 0 aromatic carbocycles. The molecule has 3 rings (SSSR count). The molecule has 0 N–H and O–H groups in total. The predicted molar refractivity (Wildman–Crippen MR) is 71.3 cm³/mol. The van der Waals surface area contributed by atoms with E-state index in [1.54, 1.807) is 6.92 Å². The molecule has 104 valence electrons. The van der Waals surface area contributed by atoms with E-state index in [-0.39, 0.29) is 35.6 Å². The molecule has 3 heteroatoms. The van der Waals surface area contributed by atoms with Crippen LogP contribution in [0.1, 0.15) is 40.0 Å². The summed E-state index contributed by atoms with van der Waals surface area (Å²) in [5.74, 6) is 0.984. The molecular weight excluding hydrogens is 240 g/mol. The molecule has 1 saturated carbocycles. The summed E-state index contributed by atoms with van der Waals surface area (Å²) in [4.78, 5) is 24.1. The van der Waals surface area contributed by atoms with Gasteiger partial charge in [0, 0.05) is 11.8 Å². The minimum absolute atomic E-state index is 0.0149. The van der Waals surface area contributed by atoms with Gasteiger partial charge in [-0.25, -0.2) is 0 Å². The van der Waals surface area contributed by atoms with Gasteiger partial charge in [0.2, 0.25) is 0 Å². The number of carbonyl (C=O) groups is 2. The zero-order valence-electron chi connectivity index (χ0n) is 11.9. The Morgan fingerprint density at radius 1 is 1.32 bits per heavy atom. The summed E-state index contributed by atoms with van der Waals surface area (Å²) in [6, 6.07) is 0. The quantitative estimate of drug-likeness (QED) is 0.539. The fraction of sp³-hybridized carbons (Fsp3) is 0.750. The van der Waals surface area contributed by atoms with Gasteiger partial charge in [0.15, 0.2) is 0 Å². The maximum atomic E-state index is 12.1. The van der Waals surface area contributed by atoms with Crippen LogP contribution >= 0.6 is 0 Å². The Balaban J connectivity index is 2.02. The van der Waals surface area contributed by atoms with E-state index in [1.165, 1.54) is 12.0 Å². The van der Waals surface area contributed by atoms with E-state index >= 15 is 0 Å². The van der Waals surface area contributed by atoms with Gasteiger partial charge in [0.25, 0.3) is 0 Å². The monoisotopic (exact) mass is 262 g/mol. The van der Waals surface area contributed by atoms with Crippen molar-refractivity contribution in [2.24, 2.45) is 29.6 Å². The number of hydrogen-bond acceptors (Lipinski definition) is 3. The zero-order valence-corrected chi connectivity index (χ0v) is 11.9. The Bertz CT molecular complexity index is 451. The molecule has 0 spiro atoms. The smallest absolute Gasteiger partial charge is 0.313 e. The van der Waals surface area contributed by atoms with Crippen LogP contribution in [0.4, 0.5) is 0 Å². The molecule has 0 aromatic rings. The minimum Gasteiger partial charge on any atom is -0.462 e. The number of rotatable bonds is 1. The van der Waals surface area contributed by atoms with Crippen molar-refractivity contribution in [2.45, 2.75) is 46.1 Å². The Labute approximate surface area is 114 Å². The third-order valence-electron chi connectivity index (χ3n) is 5.27. The van der Waals surface area contributed by atoms with Gasteiger partial charge >= 0.3 is 5.97 Å². The fourth-order valence-corrected chi connectivity index (χ4v) is 4.44. The van der Waals surface area contributed by atoms with Crippen molar-refractivity contribution in [2.75, 3.05) is 0 Å². The minimum atomic E-state index is -0.180. The second kappa shape index (κ2) is 4.46. The molecule has 3 aliphatic rings. The third-order valence-corrected chi connectivity index (χ3v) is 5.27. The second-order valence-electron chi connectivity index (χ2n) is 6.62. The molecule has 3 nitrogen and oxygen atoms in total. The van der Waals surface area contributed by atoms with E-state index < -0.39 is 0 Å². The molecular formula is C16H22O3. The van der Waals surface area contributed by atoms with Crippen LogP contribution in [0.3, 0.4) is 0 Å². The summed E-state index contributed by atoms with van der Waals surface area (Å²) in [6.07, 6.45) is 5.33. The number of allylic oxidation sites excluding steroid dienone is 1. The number of ketones is 1. The lowest BCUT2D eigenvalue weighted by Gasteiger charge is -2.42. The van der Waals surface area contributed by atoms with E-state index in [9.17, 15) is 9.59 Å². The number of fused-ring (bicyclic) bond motifs is 2. The number of carbonyl (C=O) groups excluding carboxylic acids is 2. The van der Waals surface area contributed by atoms with Crippen LogP contribution in [0, 0.1) is 29.6 Å². The number of Topliss-reactive ketones (excluding diaryl/α,β-unsaturated/α-hetero) is 1. The molecule has 1 heterocycles. The number of ether oxygens (including phenoxy) is 1. The van der Waals surface area contributed by atoms with Gasteiger partial charge in [-0.2, -0.15) is 0 Å². The molecule has 0 bridgehead atoms. The topological polar surface area (TPSA) is 43.4 Å². The first-order chi connectivity index (χ1) is 8.99. The van der Waals surface area contributed by atoms with E-state index in [1.807, 2.05) is 6.92 Å². The highest BCUT2D eigenvalue weighted by atomic mass is 16.6. The molecule has 1 saturated heterocycles. The van der Waals surface area contributed by atoms with Crippen LogP contribution in [0.2, 0.25) is 0 Å². The van der Waals surface area contributed by atoms with Crippen molar-refractivity contribution in [3.8, 4) is 0 Å². The van der Waals surface area contributed by atoms with Crippen LogP contribution in [-0.2, 0) is 14.3 Å². The van der Waals surface area contributed by atoms with Crippen LogP contribution in [0.15, 0.2) is 11.6 Å². The molecule has 2 fully saturated rings. The van der Waals surface area contributed by atoms with Gasteiger partial charge < -0.3 is 4.74 Å². The van der Waals surface area contributed by atoms with E-state index in [0.717, 1.165) is 12.8 Å². The first-order valence-electron chi connectivity index (χ1n) is 7.40. The lowest BCUT2D eigenvalue weighted by Crippen LogP contribution is -2.42. The largest absolute Gasteiger partial charge is 0.462 e. The first-order valence-corrected chi connectivity index (χ1v) is 7.40. The van der Waals surface area contributed by atoms with Crippen molar-refractivity contribution in [3.63, 3.8) is 0 Å². The molecule has 0 aromatic heterocycles. The number of hydrogen-bond donors (Lipinski definition) is 0. The average Bonchev–Trinajstić information content (AvgIpc) is 2.61. The van der Waals surface area contributed by atoms with E-state index in [4.69, 9.17) is 4.74 Å². The van der Waals surface area contributed by atoms with Gasteiger partial charge in [-0.15, -0.1) is 0 Å². The molecule has 0 amide bonds. The van der Waals surface area contributed by atoms with Crippen molar-refractivity contribution in [1.82, 2.24) is 0 Å². The Hall–Kier alpha value is -1.12. The average molecular weight is 262 g/mol. The van der Waals surface area contributed by atoms with Crippen LogP contribution in [-0.4, -0.2) is 17.9 Å². The zero-order chi connectivity index (χ0) is 13.7. The molecule has 6 atom stereocenters. The molecule has 1 unspecified atom stereocenters. The van der Waals surface area contributed by atoms with Gasteiger partial charge in [0.05, 0.1) is 5.92 Å². The highest BCUT2D eigenvalue weighted by molar-refractivity contribution is 5.84. The van der Waals surface area contributed by atoms with E-state index in [0.29, 0.717) is 11.8 Å². The van der Waals surface area contributed by atoms with Crippen molar-refractivity contribution < 1.29 is 14.3 Å². The highest BCUT2D eigenvalue weighted by Gasteiger charge is 2.53. The van der Waals surface area contributed by atoms with Crippen molar-refractivity contribution in [3.05, 3.63) is 11.6 Å². The third kappa shape index (κ3) is 1.94. The lowest BCUT2D eigenvalue weighted by atomic mass is 9.60. The van der Waals surface area contributed by atoms with Crippen LogP contribution in [0.25, 0.3) is 0 Å². The van der Waals surface area contributed by atoms with Crippen molar-refractivity contribution in [1.29, 1.82) is 0 Å². The Morgan fingerprint density at radius 2 is 2.05 bits per heavy atom. The lowest BCUT2D eigenvalue weighted by molar-refractivity contribution is -0.142. The Morgan fingerprint density at radius 3 is 2.74 bits per heavy atom. The fourth-order valence-electron chi connectivity index (χ4n) is 4.44. The number of esters is 1. The Kier molecular flexibility index (Phi) is 3.03. The van der Waals surface area contributed by atoms with Crippen molar-refractivity contribution >= 4 is 11.8 Å². The summed E-state index contributed by atoms with van der Waals surface area (Å²) in [7, 11) is 0. The van der Waals surface area contributed by atoms with Gasteiger partial charge in [0.1, 0.15) is 11.9 Å². The maximum Gasteiger partial charge on any atom is 0.313 e. The van der Waals surface area contributed by atoms with Crippen LogP contribution < -0.4 is 0 Å². The van der Waals surface area contributed by atoms with Gasteiger partial charge in [-0.1, -0.05) is 18.6 Å². The summed E-state index contributed by atoms with van der Waals surface area (Å²) in [6.45, 7) is 5.86. The molecule has 0 radical (unpaired) electrons. The maximum absolute atomic E-state index is 12.1. The predicted octanol–water partition coefficient (Wildman–Crippen LogP) is 2.75. The normalized spacial score (nSPS) is 45.0. The first kappa shape index (κ1) is 12.9. The molecule has 1 aliphatic heterocycles. The molecule has 2 aliphatic carbocycles. The van der Waals surface area contributed by atoms with E-state index in [2.05, 4.69) is 13.0 Å². The second-order valence-corrected chi connectivity index (χ2v) is 6.62. The SMILES string of the molecule is CC(=O)[C@@H]1[C@@H]2[C@@H](C)OC(=O)[C@@H]2C=C2CC(C)CC[C@@H]21. The summed E-state index contributed by atoms with van der Waals surface area (Å²) in [5.41, 5.74) is 1.34. The summed E-state index contributed by atoms with van der Waals surface area (Å²) >= 11 is 0. The number of cyclic esters (lactones) is 1. The summed E-state index contributed by atoms with van der Waals surface area (Å²) < 4.78 is 5.39. The molecule has 19 heavy (non-hydrogen) atoms. The van der Waals surface area contributed by atoms with Gasteiger partial charge in [-0.05, 0) is 44.9 Å². The van der Waals surface area contributed by atoms with Gasteiger partial charge in [-0.3, -0.25) is 9.59 Å².